The fraction of sp³-hybridized carbons (Fsp3) is 0.118. The number of rotatable bonds is 3. The Morgan fingerprint density at radius 2 is 1.71 bits per heavy atom. The van der Waals surface area contributed by atoms with Gasteiger partial charge >= 0.3 is 5.97 Å². The highest BCUT2D eigenvalue weighted by atomic mass is 32.1. The molecule has 0 radical (unpaired) electrons. The molecule has 3 nitrogen and oxygen atoms in total. The van der Waals surface area contributed by atoms with Crippen LogP contribution >= 0.6 is 11.3 Å². The Kier molecular flexibility index (Phi) is 3.62. The number of thiophene rings is 1. The summed E-state index contributed by atoms with van der Waals surface area (Å²) >= 11 is 1.71. The first-order valence-electron chi connectivity index (χ1n) is 6.52. The van der Waals surface area contributed by atoms with Crippen LogP contribution in [0.5, 0.6) is 11.5 Å². The van der Waals surface area contributed by atoms with Crippen molar-refractivity contribution in [1.29, 1.82) is 0 Å². The Balaban J connectivity index is 1.94. The van der Waals surface area contributed by atoms with Crippen LogP contribution < -0.4 is 9.47 Å². The van der Waals surface area contributed by atoms with E-state index in [2.05, 4.69) is 12.1 Å². The maximum absolute atomic E-state index is 10.9. The molecule has 0 saturated heterocycles. The number of carbonyl (C=O) groups excluding carboxylic acids is 1. The lowest BCUT2D eigenvalue weighted by atomic mass is 10.1. The summed E-state index contributed by atoms with van der Waals surface area (Å²) < 4.78 is 11.5. The second-order valence-electron chi connectivity index (χ2n) is 4.63. The second-order valence-corrected chi connectivity index (χ2v) is 5.72. The lowest BCUT2D eigenvalue weighted by Gasteiger charge is -2.02. The van der Waals surface area contributed by atoms with E-state index in [-0.39, 0.29) is 5.97 Å². The van der Waals surface area contributed by atoms with Gasteiger partial charge in [-0.15, -0.1) is 11.3 Å². The van der Waals surface area contributed by atoms with Crippen molar-refractivity contribution in [1.82, 2.24) is 0 Å². The van der Waals surface area contributed by atoms with Gasteiger partial charge in [0.1, 0.15) is 11.5 Å². The number of hydrogen-bond donors (Lipinski definition) is 0. The molecule has 3 aromatic rings. The number of benzene rings is 2. The lowest BCUT2D eigenvalue weighted by Crippen LogP contribution is -2.00. The standard InChI is InChI=1S/C17H14O3S/c1-11(18)20-14-6-3-12(4-7-14)16-9-13-5-8-15(19-2)10-17(13)21-16/h3-10H,1-2H3. The van der Waals surface area contributed by atoms with E-state index in [1.54, 1.807) is 18.4 Å². The fourth-order valence-corrected chi connectivity index (χ4v) is 3.23. The minimum Gasteiger partial charge on any atom is -0.497 e. The van der Waals surface area contributed by atoms with Gasteiger partial charge in [-0.25, -0.2) is 0 Å². The van der Waals surface area contributed by atoms with Gasteiger partial charge in [0.2, 0.25) is 0 Å². The minimum absolute atomic E-state index is 0.309. The molecular weight excluding hydrogens is 284 g/mol. The molecule has 0 unspecified atom stereocenters. The Hall–Kier alpha value is -2.33. The molecule has 0 spiro atoms. The van der Waals surface area contributed by atoms with Gasteiger partial charge < -0.3 is 9.47 Å². The molecule has 0 bridgehead atoms. The molecule has 0 aliphatic carbocycles. The molecule has 1 heterocycles. The van der Waals surface area contributed by atoms with Crippen LogP contribution in [0.1, 0.15) is 6.92 Å². The third-order valence-electron chi connectivity index (χ3n) is 3.13. The smallest absolute Gasteiger partial charge is 0.308 e. The highest BCUT2D eigenvalue weighted by Gasteiger charge is 2.06. The van der Waals surface area contributed by atoms with Crippen LogP contribution in [0, 0.1) is 0 Å². The predicted molar refractivity (Wildman–Crippen MR) is 85.1 cm³/mol. The third-order valence-corrected chi connectivity index (χ3v) is 4.27. The van der Waals surface area contributed by atoms with Crippen molar-refractivity contribution in [3.05, 3.63) is 48.5 Å². The van der Waals surface area contributed by atoms with Gasteiger partial charge in [0.05, 0.1) is 7.11 Å². The van der Waals surface area contributed by atoms with Crippen LogP contribution in [0.15, 0.2) is 48.5 Å². The van der Waals surface area contributed by atoms with Gasteiger partial charge in [0, 0.05) is 16.5 Å². The summed E-state index contributed by atoms with van der Waals surface area (Å²) in [5.74, 6) is 1.12. The van der Waals surface area contributed by atoms with Gasteiger partial charge in [0.25, 0.3) is 0 Å². The van der Waals surface area contributed by atoms with Gasteiger partial charge in [-0.05, 0) is 59.5 Å². The van der Waals surface area contributed by atoms with E-state index < -0.39 is 0 Å². The molecule has 106 valence electrons. The SMILES string of the molecule is COc1ccc2cc(-c3ccc(OC(C)=O)cc3)sc2c1. The number of esters is 1. The highest BCUT2D eigenvalue weighted by molar-refractivity contribution is 7.22. The van der Waals surface area contributed by atoms with Crippen LogP contribution in [-0.2, 0) is 4.79 Å². The van der Waals surface area contributed by atoms with Crippen molar-refractivity contribution < 1.29 is 14.3 Å². The van der Waals surface area contributed by atoms with E-state index in [9.17, 15) is 4.79 Å². The molecule has 0 aliphatic rings. The van der Waals surface area contributed by atoms with E-state index in [1.807, 2.05) is 36.4 Å². The zero-order valence-corrected chi connectivity index (χ0v) is 12.6. The van der Waals surface area contributed by atoms with Crippen molar-refractivity contribution in [2.24, 2.45) is 0 Å². The van der Waals surface area contributed by atoms with E-state index in [0.29, 0.717) is 5.75 Å². The van der Waals surface area contributed by atoms with E-state index in [0.717, 1.165) is 11.3 Å². The zero-order chi connectivity index (χ0) is 14.8. The molecule has 0 aliphatic heterocycles. The Labute approximate surface area is 126 Å². The molecule has 0 fully saturated rings. The summed E-state index contributed by atoms with van der Waals surface area (Å²) in [5.41, 5.74) is 1.10. The lowest BCUT2D eigenvalue weighted by molar-refractivity contribution is -0.131. The van der Waals surface area contributed by atoms with Crippen molar-refractivity contribution in [3.63, 3.8) is 0 Å². The molecule has 21 heavy (non-hydrogen) atoms. The van der Waals surface area contributed by atoms with Crippen LogP contribution in [0.25, 0.3) is 20.5 Å². The average Bonchev–Trinajstić information content (AvgIpc) is 2.90. The van der Waals surface area contributed by atoms with Crippen molar-refractivity contribution in [2.45, 2.75) is 6.92 Å². The summed E-state index contributed by atoms with van der Waals surface area (Å²) in [6, 6.07) is 15.7. The second kappa shape index (κ2) is 5.58. The molecule has 0 atom stereocenters. The molecule has 0 amide bonds. The monoisotopic (exact) mass is 298 g/mol. The maximum atomic E-state index is 10.9. The number of ether oxygens (including phenoxy) is 2. The highest BCUT2D eigenvalue weighted by Crippen LogP contribution is 2.35. The quantitative estimate of drug-likeness (QED) is 0.527. The minimum atomic E-state index is -0.309. The molecule has 1 aromatic heterocycles. The first-order valence-corrected chi connectivity index (χ1v) is 7.34. The number of fused-ring (bicyclic) bond motifs is 1. The summed E-state index contributed by atoms with van der Waals surface area (Å²) in [7, 11) is 1.67. The van der Waals surface area contributed by atoms with E-state index in [4.69, 9.17) is 9.47 Å². The molecular formula is C17H14O3S. The maximum Gasteiger partial charge on any atom is 0.308 e. The van der Waals surface area contributed by atoms with Crippen molar-refractivity contribution >= 4 is 27.4 Å². The first kappa shape index (κ1) is 13.6. The zero-order valence-electron chi connectivity index (χ0n) is 11.8. The molecule has 2 aromatic carbocycles. The molecule has 3 rings (SSSR count). The molecule has 4 heteroatoms. The largest absolute Gasteiger partial charge is 0.497 e. The van der Waals surface area contributed by atoms with Gasteiger partial charge in [-0.3, -0.25) is 4.79 Å². The van der Waals surface area contributed by atoms with E-state index >= 15 is 0 Å². The van der Waals surface area contributed by atoms with E-state index in [1.165, 1.54) is 21.9 Å². The van der Waals surface area contributed by atoms with Crippen LogP contribution in [-0.4, -0.2) is 13.1 Å². The Morgan fingerprint density at radius 1 is 1.00 bits per heavy atom. The summed E-state index contributed by atoms with van der Waals surface area (Å²) in [6.45, 7) is 1.40. The summed E-state index contributed by atoms with van der Waals surface area (Å²) in [4.78, 5) is 12.1. The third kappa shape index (κ3) is 2.90. The average molecular weight is 298 g/mol. The van der Waals surface area contributed by atoms with Crippen LogP contribution in [0.3, 0.4) is 0 Å². The summed E-state index contributed by atoms with van der Waals surface area (Å²) in [5, 5.41) is 1.19. The molecule has 0 N–H and O–H groups in total. The van der Waals surface area contributed by atoms with Gasteiger partial charge in [-0.1, -0.05) is 0 Å². The predicted octanol–water partition coefficient (Wildman–Crippen LogP) is 4.50. The fourth-order valence-electron chi connectivity index (χ4n) is 2.13. The molecule has 0 saturated carbocycles. The van der Waals surface area contributed by atoms with Gasteiger partial charge in [0.15, 0.2) is 0 Å². The topological polar surface area (TPSA) is 35.5 Å². The number of methoxy groups -OCH3 is 1. The van der Waals surface area contributed by atoms with Crippen molar-refractivity contribution in [3.8, 4) is 21.9 Å². The van der Waals surface area contributed by atoms with Gasteiger partial charge in [-0.2, -0.15) is 0 Å². The van der Waals surface area contributed by atoms with Crippen LogP contribution in [0.2, 0.25) is 0 Å². The van der Waals surface area contributed by atoms with Crippen LogP contribution in [0.4, 0.5) is 0 Å². The Bertz CT molecular complexity index is 787. The van der Waals surface area contributed by atoms with Crippen molar-refractivity contribution in [2.75, 3.05) is 7.11 Å². The number of carbonyl (C=O) groups is 1. The first-order chi connectivity index (χ1) is 10.2. The normalized spacial score (nSPS) is 10.6. The Morgan fingerprint density at radius 3 is 2.38 bits per heavy atom. The summed E-state index contributed by atoms with van der Waals surface area (Å²) in [6.07, 6.45) is 0. The number of hydrogen-bond acceptors (Lipinski definition) is 4.